The number of carbonyl (C=O) groups excluding carboxylic acids is 2. The van der Waals surface area contributed by atoms with E-state index in [2.05, 4.69) is 10.3 Å². The van der Waals surface area contributed by atoms with Crippen LogP contribution in [0.2, 0.25) is 0 Å². The number of thiazole rings is 1. The van der Waals surface area contributed by atoms with Crippen molar-refractivity contribution < 1.29 is 9.59 Å². The quantitative estimate of drug-likeness (QED) is 0.860. The minimum Gasteiger partial charge on any atom is -0.349 e. The van der Waals surface area contributed by atoms with Crippen molar-refractivity contribution in [1.82, 2.24) is 9.88 Å². The molecule has 2 aliphatic rings. The SMILES string of the molecule is O=C1CC(Nc2nccs2)C(=O)N1C1CCCCC1. The van der Waals surface area contributed by atoms with Crippen molar-refractivity contribution in [1.29, 1.82) is 0 Å². The molecule has 0 spiro atoms. The number of nitrogens with one attached hydrogen (secondary N) is 1. The van der Waals surface area contributed by atoms with E-state index >= 15 is 0 Å². The summed E-state index contributed by atoms with van der Waals surface area (Å²) in [6.07, 6.45) is 7.32. The maximum atomic E-state index is 12.4. The second-order valence-electron chi connectivity index (χ2n) is 5.13. The fourth-order valence-electron chi connectivity index (χ4n) is 2.93. The standard InChI is InChI=1S/C13H17N3O2S/c17-11-8-10(15-13-14-6-7-19-13)12(18)16(11)9-4-2-1-3-5-9/h6-7,9-10H,1-5,8H2,(H,14,15). The number of rotatable bonds is 3. The minimum atomic E-state index is -0.430. The van der Waals surface area contributed by atoms with Crippen LogP contribution < -0.4 is 5.32 Å². The summed E-state index contributed by atoms with van der Waals surface area (Å²) in [6.45, 7) is 0. The third-order valence-electron chi connectivity index (χ3n) is 3.85. The summed E-state index contributed by atoms with van der Waals surface area (Å²) in [4.78, 5) is 30.0. The van der Waals surface area contributed by atoms with E-state index in [-0.39, 0.29) is 24.3 Å². The third-order valence-corrected chi connectivity index (χ3v) is 4.56. The summed E-state index contributed by atoms with van der Waals surface area (Å²) in [5, 5.41) is 5.62. The topological polar surface area (TPSA) is 62.3 Å². The molecule has 6 heteroatoms. The monoisotopic (exact) mass is 279 g/mol. The van der Waals surface area contributed by atoms with Crippen LogP contribution in [0.3, 0.4) is 0 Å². The molecule has 0 radical (unpaired) electrons. The summed E-state index contributed by atoms with van der Waals surface area (Å²) in [7, 11) is 0. The first-order chi connectivity index (χ1) is 9.25. The molecule has 2 fully saturated rings. The van der Waals surface area contributed by atoms with E-state index in [1.165, 1.54) is 22.7 Å². The van der Waals surface area contributed by atoms with Gasteiger partial charge in [0.1, 0.15) is 6.04 Å². The van der Waals surface area contributed by atoms with Crippen LogP contribution in [-0.2, 0) is 9.59 Å². The molecule has 0 aromatic carbocycles. The Morgan fingerprint density at radius 3 is 2.74 bits per heavy atom. The number of hydrogen-bond acceptors (Lipinski definition) is 5. The Morgan fingerprint density at radius 2 is 2.05 bits per heavy atom. The van der Waals surface area contributed by atoms with Crippen molar-refractivity contribution in [3.63, 3.8) is 0 Å². The van der Waals surface area contributed by atoms with E-state index in [4.69, 9.17) is 0 Å². The van der Waals surface area contributed by atoms with Gasteiger partial charge in [-0.15, -0.1) is 11.3 Å². The van der Waals surface area contributed by atoms with Crippen LogP contribution in [0.25, 0.3) is 0 Å². The van der Waals surface area contributed by atoms with E-state index in [9.17, 15) is 9.59 Å². The maximum absolute atomic E-state index is 12.4. The molecular formula is C13H17N3O2S. The summed E-state index contributed by atoms with van der Waals surface area (Å²) in [5.74, 6) is -0.113. The summed E-state index contributed by atoms with van der Waals surface area (Å²) in [5.41, 5.74) is 0. The predicted molar refractivity (Wildman–Crippen MR) is 72.9 cm³/mol. The van der Waals surface area contributed by atoms with E-state index < -0.39 is 6.04 Å². The fraction of sp³-hybridized carbons (Fsp3) is 0.615. The lowest BCUT2D eigenvalue weighted by molar-refractivity contribution is -0.141. The maximum Gasteiger partial charge on any atom is 0.252 e. The number of amides is 2. The van der Waals surface area contributed by atoms with Crippen molar-refractivity contribution in [2.75, 3.05) is 5.32 Å². The molecule has 1 aromatic heterocycles. The van der Waals surface area contributed by atoms with Crippen LogP contribution in [-0.4, -0.2) is 33.8 Å². The Kier molecular flexibility index (Phi) is 3.50. The van der Waals surface area contributed by atoms with Crippen molar-refractivity contribution in [3.8, 4) is 0 Å². The lowest BCUT2D eigenvalue weighted by atomic mass is 9.94. The van der Waals surface area contributed by atoms with E-state index in [0.29, 0.717) is 5.13 Å². The third kappa shape index (κ3) is 2.49. The zero-order chi connectivity index (χ0) is 13.2. The second kappa shape index (κ2) is 5.28. The van der Waals surface area contributed by atoms with Gasteiger partial charge in [0, 0.05) is 17.6 Å². The fourth-order valence-corrected chi connectivity index (χ4v) is 3.51. The normalized spacial score (nSPS) is 25.1. The molecule has 1 unspecified atom stereocenters. The van der Waals surface area contributed by atoms with Gasteiger partial charge < -0.3 is 5.32 Å². The minimum absolute atomic E-state index is 0.0362. The molecular weight excluding hydrogens is 262 g/mol. The van der Waals surface area contributed by atoms with Gasteiger partial charge in [-0.05, 0) is 12.8 Å². The Morgan fingerprint density at radius 1 is 1.26 bits per heavy atom. The molecule has 3 rings (SSSR count). The molecule has 1 saturated carbocycles. The van der Waals surface area contributed by atoms with Crippen molar-refractivity contribution in [2.45, 2.75) is 50.6 Å². The van der Waals surface area contributed by atoms with Gasteiger partial charge in [0.25, 0.3) is 5.91 Å². The van der Waals surface area contributed by atoms with Gasteiger partial charge in [-0.1, -0.05) is 19.3 Å². The Bertz CT molecular complexity index is 468. The molecule has 19 heavy (non-hydrogen) atoms. The molecule has 0 bridgehead atoms. The molecule has 1 saturated heterocycles. The Balaban J connectivity index is 1.69. The molecule has 1 atom stereocenters. The molecule has 1 aromatic rings. The van der Waals surface area contributed by atoms with Crippen LogP contribution in [0.4, 0.5) is 5.13 Å². The summed E-state index contributed by atoms with van der Waals surface area (Å²) >= 11 is 1.45. The largest absolute Gasteiger partial charge is 0.349 e. The van der Waals surface area contributed by atoms with Gasteiger partial charge in [-0.3, -0.25) is 14.5 Å². The number of carbonyl (C=O) groups is 2. The zero-order valence-electron chi connectivity index (χ0n) is 10.7. The van der Waals surface area contributed by atoms with Crippen LogP contribution in [0.1, 0.15) is 38.5 Å². The average Bonchev–Trinajstić information content (AvgIpc) is 3.01. The van der Waals surface area contributed by atoms with Crippen LogP contribution in [0.5, 0.6) is 0 Å². The van der Waals surface area contributed by atoms with E-state index in [1.807, 2.05) is 5.38 Å². The molecule has 1 aliphatic heterocycles. The van der Waals surface area contributed by atoms with Gasteiger partial charge in [0.05, 0.1) is 6.42 Å². The molecule has 1 N–H and O–H groups in total. The van der Waals surface area contributed by atoms with Gasteiger partial charge >= 0.3 is 0 Å². The molecule has 2 amide bonds. The molecule has 5 nitrogen and oxygen atoms in total. The highest BCUT2D eigenvalue weighted by Gasteiger charge is 2.42. The number of aromatic nitrogens is 1. The second-order valence-corrected chi connectivity index (χ2v) is 6.03. The first-order valence-corrected chi connectivity index (χ1v) is 7.65. The lowest BCUT2D eigenvalue weighted by Crippen LogP contribution is -2.43. The highest BCUT2D eigenvalue weighted by atomic mass is 32.1. The number of nitrogens with zero attached hydrogens (tertiary/aromatic N) is 2. The number of imide groups is 1. The van der Waals surface area contributed by atoms with Crippen LogP contribution in [0, 0.1) is 0 Å². The first-order valence-electron chi connectivity index (χ1n) is 6.77. The van der Waals surface area contributed by atoms with Gasteiger partial charge in [-0.25, -0.2) is 4.98 Å². The Labute approximate surface area is 116 Å². The summed E-state index contributed by atoms with van der Waals surface area (Å²) < 4.78 is 0. The number of hydrogen-bond donors (Lipinski definition) is 1. The lowest BCUT2D eigenvalue weighted by Gasteiger charge is -2.29. The highest BCUT2D eigenvalue weighted by molar-refractivity contribution is 7.13. The number of likely N-dealkylation sites (tertiary alicyclic amines) is 1. The van der Waals surface area contributed by atoms with Gasteiger partial charge in [0.2, 0.25) is 5.91 Å². The molecule has 1 aliphatic carbocycles. The van der Waals surface area contributed by atoms with Crippen molar-refractivity contribution >= 4 is 28.3 Å². The predicted octanol–water partition coefficient (Wildman–Crippen LogP) is 2.02. The van der Waals surface area contributed by atoms with Crippen molar-refractivity contribution in [2.24, 2.45) is 0 Å². The average molecular weight is 279 g/mol. The smallest absolute Gasteiger partial charge is 0.252 e. The highest BCUT2D eigenvalue weighted by Crippen LogP contribution is 2.28. The van der Waals surface area contributed by atoms with E-state index in [1.54, 1.807) is 6.20 Å². The van der Waals surface area contributed by atoms with Crippen LogP contribution in [0.15, 0.2) is 11.6 Å². The first kappa shape index (κ1) is 12.6. The van der Waals surface area contributed by atoms with Crippen LogP contribution >= 0.6 is 11.3 Å². The van der Waals surface area contributed by atoms with Gasteiger partial charge in [0.15, 0.2) is 5.13 Å². The van der Waals surface area contributed by atoms with Gasteiger partial charge in [-0.2, -0.15) is 0 Å². The molecule has 102 valence electrons. The zero-order valence-corrected chi connectivity index (χ0v) is 11.5. The summed E-state index contributed by atoms with van der Waals surface area (Å²) in [6, 6.07) is -0.308. The number of anilines is 1. The van der Waals surface area contributed by atoms with Crippen molar-refractivity contribution in [3.05, 3.63) is 11.6 Å². The Hall–Kier alpha value is -1.43. The molecule has 2 heterocycles. The van der Waals surface area contributed by atoms with E-state index in [0.717, 1.165) is 25.7 Å².